The molecular weight excluding hydrogens is 472 g/mol. The Balaban J connectivity index is 1.52. The lowest BCUT2D eigenvalue weighted by atomic mass is 9.92. The summed E-state index contributed by atoms with van der Waals surface area (Å²) < 4.78 is 27.1. The number of nitrogens with zero attached hydrogens (tertiary/aromatic N) is 1. The smallest absolute Gasteiger partial charge is 0.259 e. The summed E-state index contributed by atoms with van der Waals surface area (Å²) in [6.45, 7) is 4.58. The van der Waals surface area contributed by atoms with Gasteiger partial charge in [-0.25, -0.2) is 8.78 Å². The van der Waals surface area contributed by atoms with Crippen LogP contribution < -0.4 is 16.0 Å². The van der Waals surface area contributed by atoms with Crippen LogP contribution in [0.25, 0.3) is 11.1 Å². The highest BCUT2D eigenvalue weighted by atomic mass is 19.1. The molecule has 0 spiro atoms. The minimum Gasteiger partial charge on any atom is -0.380 e. The highest BCUT2D eigenvalue weighted by molar-refractivity contribution is 6.10. The van der Waals surface area contributed by atoms with Crippen molar-refractivity contribution in [2.24, 2.45) is 5.73 Å². The number of fused-ring (bicyclic) bond motifs is 1. The second-order valence-electron chi connectivity index (χ2n) is 9.15. The fourth-order valence-electron chi connectivity index (χ4n) is 4.90. The molecule has 0 bridgehead atoms. The molecule has 5 nitrogen and oxygen atoms in total. The number of carbonyl (C=O) groups is 2. The van der Waals surface area contributed by atoms with Gasteiger partial charge in [-0.05, 0) is 83.6 Å². The Bertz CT molecular complexity index is 1550. The van der Waals surface area contributed by atoms with Gasteiger partial charge in [-0.15, -0.1) is 0 Å². The van der Waals surface area contributed by atoms with E-state index in [1.54, 1.807) is 29.2 Å². The number of nitrogens with one attached hydrogen (secondary N) is 1. The number of rotatable bonds is 6. The summed E-state index contributed by atoms with van der Waals surface area (Å²) in [5.74, 6) is -1.56. The van der Waals surface area contributed by atoms with Crippen molar-refractivity contribution in [3.05, 3.63) is 118 Å². The van der Waals surface area contributed by atoms with Gasteiger partial charge < -0.3 is 16.0 Å². The van der Waals surface area contributed by atoms with Crippen molar-refractivity contribution in [1.82, 2.24) is 0 Å². The summed E-state index contributed by atoms with van der Waals surface area (Å²) in [6.07, 6.45) is 0. The van der Waals surface area contributed by atoms with Gasteiger partial charge in [0, 0.05) is 17.8 Å². The van der Waals surface area contributed by atoms with Gasteiger partial charge in [0.15, 0.2) is 0 Å². The monoisotopic (exact) mass is 497 g/mol. The SMILES string of the molecule is Cc1c(-c2ccc(C(N)=O)c(NCc3ccc(F)cc3)c2C)cccc1N1Cc2ccc(F)cc2C1=O. The van der Waals surface area contributed by atoms with Crippen LogP contribution in [-0.4, -0.2) is 11.8 Å². The third kappa shape index (κ3) is 4.44. The van der Waals surface area contributed by atoms with Crippen molar-refractivity contribution in [2.45, 2.75) is 26.9 Å². The standard InChI is InChI=1S/C30H25F2N3O2/c1-17-23(4-3-5-27(17)35-16-20-8-11-22(32)14-26(20)30(35)37)24-12-13-25(29(33)36)28(18(24)2)34-15-19-6-9-21(31)10-7-19/h3-14,34H,15-16H2,1-2H3,(H2,33,36). The van der Waals surface area contributed by atoms with Gasteiger partial charge in [0.05, 0.1) is 17.8 Å². The van der Waals surface area contributed by atoms with Crippen LogP contribution in [0.3, 0.4) is 0 Å². The van der Waals surface area contributed by atoms with Gasteiger partial charge in [-0.1, -0.05) is 36.4 Å². The molecule has 3 N–H and O–H groups in total. The lowest BCUT2D eigenvalue weighted by Gasteiger charge is -2.22. The van der Waals surface area contributed by atoms with Crippen LogP contribution in [0, 0.1) is 25.5 Å². The van der Waals surface area contributed by atoms with Gasteiger partial charge >= 0.3 is 0 Å². The quantitative estimate of drug-likeness (QED) is 0.337. The second-order valence-corrected chi connectivity index (χ2v) is 9.15. The number of halogens is 2. The maximum atomic E-state index is 13.8. The molecule has 4 aromatic carbocycles. The zero-order valence-electron chi connectivity index (χ0n) is 20.4. The average molecular weight is 498 g/mol. The maximum Gasteiger partial charge on any atom is 0.259 e. The van der Waals surface area contributed by atoms with Gasteiger partial charge in [-0.2, -0.15) is 0 Å². The van der Waals surface area contributed by atoms with Crippen molar-refractivity contribution in [3.8, 4) is 11.1 Å². The van der Waals surface area contributed by atoms with Crippen molar-refractivity contribution >= 4 is 23.2 Å². The van der Waals surface area contributed by atoms with Gasteiger partial charge in [-0.3, -0.25) is 9.59 Å². The molecule has 0 radical (unpaired) electrons. The largest absolute Gasteiger partial charge is 0.380 e. The van der Waals surface area contributed by atoms with Crippen LogP contribution in [0.15, 0.2) is 72.8 Å². The molecule has 7 heteroatoms. The van der Waals surface area contributed by atoms with E-state index in [2.05, 4.69) is 5.32 Å². The van der Waals surface area contributed by atoms with E-state index in [0.29, 0.717) is 29.9 Å². The Morgan fingerprint density at radius 3 is 2.32 bits per heavy atom. The zero-order valence-corrected chi connectivity index (χ0v) is 20.4. The average Bonchev–Trinajstić information content (AvgIpc) is 3.19. The van der Waals surface area contributed by atoms with Crippen LogP contribution in [-0.2, 0) is 13.1 Å². The Morgan fingerprint density at radius 2 is 1.59 bits per heavy atom. The Labute approximate surface area is 213 Å². The molecule has 0 unspecified atom stereocenters. The molecule has 0 atom stereocenters. The van der Waals surface area contributed by atoms with E-state index in [-0.39, 0.29) is 11.7 Å². The summed E-state index contributed by atoms with van der Waals surface area (Å²) in [7, 11) is 0. The van der Waals surface area contributed by atoms with Crippen LogP contribution in [0.2, 0.25) is 0 Å². The van der Waals surface area contributed by atoms with E-state index in [4.69, 9.17) is 5.73 Å². The first-order valence-corrected chi connectivity index (χ1v) is 11.9. The van der Waals surface area contributed by atoms with Crippen molar-refractivity contribution < 1.29 is 18.4 Å². The van der Waals surface area contributed by atoms with Crippen molar-refractivity contribution in [2.75, 3.05) is 10.2 Å². The first-order valence-electron chi connectivity index (χ1n) is 11.9. The molecule has 4 aromatic rings. The van der Waals surface area contributed by atoms with Gasteiger partial charge in [0.2, 0.25) is 0 Å². The van der Waals surface area contributed by atoms with Crippen LogP contribution >= 0.6 is 0 Å². The molecule has 186 valence electrons. The van der Waals surface area contributed by atoms with Crippen LogP contribution in [0.1, 0.15) is 43.0 Å². The number of nitrogens with two attached hydrogens (primary N) is 1. The number of amides is 2. The lowest BCUT2D eigenvalue weighted by Crippen LogP contribution is -2.24. The third-order valence-corrected chi connectivity index (χ3v) is 6.88. The summed E-state index contributed by atoms with van der Waals surface area (Å²) in [4.78, 5) is 27.0. The Kier molecular flexibility index (Phi) is 6.21. The normalized spacial score (nSPS) is 12.5. The number of carbonyl (C=O) groups excluding carboxylic acids is 2. The summed E-state index contributed by atoms with van der Waals surface area (Å²) in [5.41, 5.74) is 12.8. The number of benzene rings is 4. The first kappa shape index (κ1) is 24.2. The van der Waals surface area contributed by atoms with E-state index in [1.807, 2.05) is 38.1 Å². The molecule has 1 heterocycles. The van der Waals surface area contributed by atoms with Crippen LogP contribution in [0.4, 0.5) is 20.2 Å². The van der Waals surface area contributed by atoms with Crippen molar-refractivity contribution in [1.29, 1.82) is 0 Å². The Hall–Kier alpha value is -4.52. The van der Waals surface area contributed by atoms with E-state index in [0.717, 1.165) is 39.1 Å². The molecule has 2 amide bonds. The van der Waals surface area contributed by atoms with E-state index in [9.17, 15) is 18.4 Å². The summed E-state index contributed by atoms with van der Waals surface area (Å²) in [5, 5.41) is 3.30. The Morgan fingerprint density at radius 1 is 0.892 bits per heavy atom. The summed E-state index contributed by atoms with van der Waals surface area (Å²) >= 11 is 0. The fraction of sp³-hybridized carbons (Fsp3) is 0.133. The lowest BCUT2D eigenvalue weighted by molar-refractivity contribution is 0.0990. The molecule has 0 aromatic heterocycles. The minimum atomic E-state index is -0.561. The van der Waals surface area contributed by atoms with E-state index in [1.165, 1.54) is 24.3 Å². The zero-order chi connectivity index (χ0) is 26.3. The highest BCUT2D eigenvalue weighted by Gasteiger charge is 2.30. The predicted octanol–water partition coefficient (Wildman–Crippen LogP) is 6.12. The predicted molar refractivity (Wildman–Crippen MR) is 141 cm³/mol. The third-order valence-electron chi connectivity index (χ3n) is 6.88. The molecular formula is C30H25F2N3O2. The molecule has 0 saturated carbocycles. The molecule has 5 rings (SSSR count). The molecule has 1 aliphatic heterocycles. The van der Waals surface area contributed by atoms with Gasteiger partial charge in [0.25, 0.3) is 11.8 Å². The fourth-order valence-corrected chi connectivity index (χ4v) is 4.90. The topological polar surface area (TPSA) is 75.4 Å². The number of hydrogen-bond donors (Lipinski definition) is 2. The number of anilines is 2. The first-order chi connectivity index (χ1) is 17.7. The highest BCUT2D eigenvalue weighted by Crippen LogP contribution is 2.38. The molecule has 0 fully saturated rings. The van der Waals surface area contributed by atoms with Crippen LogP contribution in [0.5, 0.6) is 0 Å². The molecule has 0 aliphatic carbocycles. The van der Waals surface area contributed by atoms with E-state index < -0.39 is 11.7 Å². The number of hydrogen-bond acceptors (Lipinski definition) is 3. The molecule has 0 saturated heterocycles. The second kappa shape index (κ2) is 9.50. The summed E-state index contributed by atoms with van der Waals surface area (Å²) in [6, 6.07) is 19.7. The van der Waals surface area contributed by atoms with E-state index >= 15 is 0 Å². The molecule has 1 aliphatic rings. The molecule has 37 heavy (non-hydrogen) atoms. The minimum absolute atomic E-state index is 0.239. The maximum absolute atomic E-state index is 13.8. The van der Waals surface area contributed by atoms with Crippen molar-refractivity contribution in [3.63, 3.8) is 0 Å². The number of primary amides is 1. The van der Waals surface area contributed by atoms with Gasteiger partial charge in [0.1, 0.15) is 11.6 Å².